The molecule has 2 N–H and O–H groups in total. The Morgan fingerprint density at radius 2 is 1.75 bits per heavy atom. The van der Waals surface area contributed by atoms with Gasteiger partial charge in [0.25, 0.3) is 0 Å². The summed E-state index contributed by atoms with van der Waals surface area (Å²) in [6, 6.07) is 19.4. The molecule has 2 aromatic heterocycles. The fraction of sp³-hybridized carbons (Fsp3) is 0.467. The maximum absolute atomic E-state index is 13.9. The van der Waals surface area contributed by atoms with Crippen molar-refractivity contribution in [1.82, 2.24) is 19.8 Å². The fourth-order valence-corrected chi connectivity index (χ4v) is 5.70. The second-order valence-corrected chi connectivity index (χ2v) is 11.5. The van der Waals surface area contributed by atoms with E-state index < -0.39 is 5.67 Å². The Hall–Kier alpha value is -2.67. The summed E-state index contributed by atoms with van der Waals surface area (Å²) in [4.78, 5) is 11.6. The summed E-state index contributed by atoms with van der Waals surface area (Å²) < 4.78 is 19.3. The molecule has 192 valence electrons. The summed E-state index contributed by atoms with van der Waals surface area (Å²) in [7, 11) is 1.79. The zero-order valence-electron chi connectivity index (χ0n) is 22.2. The van der Waals surface area contributed by atoms with E-state index >= 15 is 0 Å². The Morgan fingerprint density at radius 1 is 1.06 bits per heavy atom. The van der Waals surface area contributed by atoms with Crippen LogP contribution in [0.4, 0.5) is 4.39 Å². The molecule has 36 heavy (non-hydrogen) atoms. The SMILES string of the molecule is CC1Cc2c([nH]c3ccccc23)CN1CC(C)(C)F.COC1(C)CN(Cc2cc3ccccc3[nH]2)C1. The predicted octanol–water partition coefficient (Wildman–Crippen LogP) is 6.05. The Bertz CT molecular complexity index is 1290. The van der Waals surface area contributed by atoms with Crippen LogP contribution in [0.1, 0.15) is 44.6 Å². The number of methoxy groups -OCH3 is 1. The standard InChI is InChI=1S/C16H21FN2.C14H18N2O/c1-11-8-13-12-6-4-5-7-14(12)18-15(13)9-19(11)10-16(2,3)17;1-14(17-2)9-16(10-14)8-12-7-11-5-3-4-6-13(11)15-12/h4-7,11,18H,8-10H2,1-3H3;3-7,15H,8-10H2,1-2H3. The van der Waals surface area contributed by atoms with E-state index in [4.69, 9.17) is 4.74 Å². The number of aromatic nitrogens is 2. The number of ether oxygens (including phenoxy) is 1. The number of benzene rings is 2. The van der Waals surface area contributed by atoms with Crippen molar-refractivity contribution < 1.29 is 9.13 Å². The average Bonchev–Trinajstić information content (AvgIpc) is 3.38. The van der Waals surface area contributed by atoms with E-state index in [2.05, 4.69) is 88.2 Å². The first-order valence-corrected chi connectivity index (χ1v) is 13.0. The average molecular weight is 491 g/mol. The number of rotatable bonds is 5. The van der Waals surface area contributed by atoms with Gasteiger partial charge in [0.2, 0.25) is 0 Å². The third-order valence-electron chi connectivity index (χ3n) is 7.55. The molecule has 0 radical (unpaired) electrons. The van der Waals surface area contributed by atoms with Crippen LogP contribution in [-0.4, -0.2) is 63.8 Å². The number of aromatic amines is 2. The monoisotopic (exact) mass is 490 g/mol. The lowest BCUT2D eigenvalue weighted by Gasteiger charge is -2.46. The number of H-pyrrole nitrogens is 2. The number of halogens is 1. The fourth-order valence-electron chi connectivity index (χ4n) is 5.70. The topological polar surface area (TPSA) is 47.3 Å². The van der Waals surface area contributed by atoms with Crippen molar-refractivity contribution in [2.75, 3.05) is 26.7 Å². The van der Waals surface area contributed by atoms with E-state index in [1.807, 2.05) is 0 Å². The van der Waals surface area contributed by atoms with Crippen molar-refractivity contribution in [2.24, 2.45) is 0 Å². The van der Waals surface area contributed by atoms with E-state index in [-0.39, 0.29) is 5.60 Å². The normalized spacial score (nSPS) is 20.1. The molecule has 4 aromatic rings. The van der Waals surface area contributed by atoms with Crippen LogP contribution < -0.4 is 0 Å². The molecule has 2 aliphatic heterocycles. The first-order chi connectivity index (χ1) is 17.1. The molecular weight excluding hydrogens is 451 g/mol. The Labute approximate surface area is 213 Å². The number of nitrogens with zero attached hydrogens (tertiary/aromatic N) is 2. The number of likely N-dealkylation sites (tertiary alicyclic amines) is 1. The highest BCUT2D eigenvalue weighted by atomic mass is 19.1. The second-order valence-electron chi connectivity index (χ2n) is 11.5. The van der Waals surface area contributed by atoms with Crippen LogP contribution in [-0.2, 0) is 24.2 Å². The first-order valence-electron chi connectivity index (χ1n) is 13.0. The number of fused-ring (bicyclic) bond motifs is 4. The van der Waals surface area contributed by atoms with Gasteiger partial charge in [0.05, 0.1) is 5.60 Å². The molecule has 0 amide bonds. The van der Waals surface area contributed by atoms with Gasteiger partial charge in [0, 0.05) is 73.7 Å². The molecule has 2 aromatic carbocycles. The number of hydrogen-bond donors (Lipinski definition) is 2. The predicted molar refractivity (Wildman–Crippen MR) is 146 cm³/mol. The second kappa shape index (κ2) is 9.66. The van der Waals surface area contributed by atoms with Gasteiger partial charge in [-0.3, -0.25) is 9.80 Å². The minimum absolute atomic E-state index is 0.0615. The van der Waals surface area contributed by atoms with Crippen molar-refractivity contribution in [1.29, 1.82) is 0 Å². The van der Waals surface area contributed by atoms with Crippen LogP contribution in [0.25, 0.3) is 21.8 Å². The molecule has 0 spiro atoms. The van der Waals surface area contributed by atoms with Gasteiger partial charge in [0.15, 0.2) is 0 Å². The van der Waals surface area contributed by atoms with Crippen LogP contribution in [0.2, 0.25) is 0 Å². The lowest BCUT2D eigenvalue weighted by molar-refractivity contribution is -0.114. The quantitative estimate of drug-likeness (QED) is 0.358. The molecular formula is C30H39FN4O. The molecule has 4 heterocycles. The highest BCUT2D eigenvalue weighted by Crippen LogP contribution is 2.31. The molecule has 2 aliphatic rings. The van der Waals surface area contributed by atoms with Gasteiger partial charge in [-0.05, 0) is 63.3 Å². The molecule has 0 saturated carbocycles. The number of alkyl halides is 1. The summed E-state index contributed by atoms with van der Waals surface area (Å²) in [5, 5.41) is 2.61. The molecule has 1 saturated heterocycles. The largest absolute Gasteiger partial charge is 0.376 e. The summed E-state index contributed by atoms with van der Waals surface area (Å²) in [5.74, 6) is 0. The van der Waals surface area contributed by atoms with Crippen LogP contribution in [0.15, 0.2) is 54.6 Å². The van der Waals surface area contributed by atoms with E-state index in [9.17, 15) is 4.39 Å². The molecule has 1 unspecified atom stereocenters. The third-order valence-corrected chi connectivity index (χ3v) is 7.55. The van der Waals surface area contributed by atoms with E-state index in [0.717, 1.165) is 32.6 Å². The summed E-state index contributed by atoms with van der Waals surface area (Å²) in [6.07, 6.45) is 0.995. The number of nitrogens with one attached hydrogen (secondary N) is 2. The zero-order valence-corrected chi connectivity index (χ0v) is 22.2. The molecule has 6 rings (SSSR count). The van der Waals surface area contributed by atoms with Gasteiger partial charge in [-0.25, -0.2) is 4.39 Å². The maximum Gasteiger partial charge on any atom is 0.118 e. The van der Waals surface area contributed by atoms with Crippen LogP contribution >= 0.6 is 0 Å². The van der Waals surface area contributed by atoms with Gasteiger partial charge in [-0.15, -0.1) is 0 Å². The molecule has 1 fully saturated rings. The van der Waals surface area contributed by atoms with Crippen molar-refractivity contribution in [3.63, 3.8) is 0 Å². The smallest absolute Gasteiger partial charge is 0.118 e. The van der Waals surface area contributed by atoms with Gasteiger partial charge in [-0.1, -0.05) is 36.4 Å². The Morgan fingerprint density at radius 3 is 2.44 bits per heavy atom. The van der Waals surface area contributed by atoms with Crippen molar-refractivity contribution in [3.05, 3.63) is 71.5 Å². The Kier molecular flexibility index (Phi) is 6.70. The number of para-hydroxylation sites is 2. The number of hydrogen-bond acceptors (Lipinski definition) is 3. The van der Waals surface area contributed by atoms with Crippen LogP contribution in [0, 0.1) is 0 Å². The lowest BCUT2D eigenvalue weighted by atomic mass is 9.96. The van der Waals surface area contributed by atoms with Crippen LogP contribution in [0.3, 0.4) is 0 Å². The van der Waals surface area contributed by atoms with Gasteiger partial charge in [-0.2, -0.15) is 0 Å². The molecule has 0 bridgehead atoms. The van der Waals surface area contributed by atoms with Crippen molar-refractivity contribution >= 4 is 21.8 Å². The first kappa shape index (κ1) is 25.0. The lowest BCUT2D eigenvalue weighted by Crippen LogP contribution is -2.60. The van der Waals surface area contributed by atoms with Gasteiger partial charge >= 0.3 is 0 Å². The minimum Gasteiger partial charge on any atom is -0.376 e. The zero-order chi connectivity index (χ0) is 25.5. The molecule has 0 aliphatic carbocycles. The van der Waals surface area contributed by atoms with Crippen molar-refractivity contribution in [2.45, 2.75) is 64.5 Å². The van der Waals surface area contributed by atoms with Gasteiger partial charge < -0.3 is 14.7 Å². The third kappa shape index (κ3) is 5.36. The highest BCUT2D eigenvalue weighted by Gasteiger charge is 2.38. The van der Waals surface area contributed by atoms with Crippen LogP contribution in [0.5, 0.6) is 0 Å². The molecule has 6 heteroatoms. The Balaban J connectivity index is 0.000000149. The highest BCUT2D eigenvalue weighted by molar-refractivity contribution is 5.85. The van der Waals surface area contributed by atoms with Gasteiger partial charge in [0.1, 0.15) is 5.67 Å². The maximum atomic E-state index is 13.9. The minimum atomic E-state index is -1.14. The summed E-state index contributed by atoms with van der Waals surface area (Å²) >= 11 is 0. The van der Waals surface area contributed by atoms with E-state index in [1.165, 1.54) is 38.8 Å². The molecule has 5 nitrogen and oxygen atoms in total. The molecule has 1 atom stereocenters. The van der Waals surface area contributed by atoms with Crippen molar-refractivity contribution in [3.8, 4) is 0 Å². The van der Waals surface area contributed by atoms with E-state index in [1.54, 1.807) is 21.0 Å². The van der Waals surface area contributed by atoms with E-state index in [0.29, 0.717) is 12.6 Å². The summed E-state index contributed by atoms with van der Waals surface area (Å²) in [6.45, 7) is 12.0. The summed E-state index contributed by atoms with van der Waals surface area (Å²) in [5.41, 5.74) is 5.28.